The fourth-order valence-corrected chi connectivity index (χ4v) is 1.79. The highest BCUT2D eigenvalue weighted by Crippen LogP contribution is 2.25. The van der Waals surface area contributed by atoms with Crippen molar-refractivity contribution in [1.29, 1.82) is 0 Å². The first-order valence-electron chi connectivity index (χ1n) is 6.05. The second-order valence-electron chi connectivity index (χ2n) is 4.48. The van der Waals surface area contributed by atoms with Crippen molar-refractivity contribution in [3.05, 3.63) is 24.2 Å². The molecule has 0 radical (unpaired) electrons. The molecule has 0 saturated heterocycles. The second kappa shape index (κ2) is 6.06. The van der Waals surface area contributed by atoms with Crippen molar-refractivity contribution in [2.24, 2.45) is 5.41 Å². The zero-order valence-corrected chi connectivity index (χ0v) is 10.5. The number of aliphatic hydroxyl groups excluding tert-OH is 1. The Kier molecular flexibility index (Phi) is 5.03. The SMILES string of the molecule is CCC(CC)(CO)CN[C@H](C)c1ccco1. The van der Waals surface area contributed by atoms with Crippen molar-refractivity contribution in [2.45, 2.75) is 39.7 Å². The van der Waals surface area contributed by atoms with E-state index in [-0.39, 0.29) is 18.1 Å². The van der Waals surface area contributed by atoms with Crippen molar-refractivity contribution in [3.63, 3.8) is 0 Å². The van der Waals surface area contributed by atoms with Crippen LogP contribution in [-0.2, 0) is 0 Å². The van der Waals surface area contributed by atoms with Crippen LogP contribution in [0.1, 0.15) is 45.4 Å². The first-order valence-corrected chi connectivity index (χ1v) is 6.05. The van der Waals surface area contributed by atoms with Gasteiger partial charge < -0.3 is 14.8 Å². The summed E-state index contributed by atoms with van der Waals surface area (Å²) in [5.41, 5.74) is 0.000846. The predicted molar refractivity (Wildman–Crippen MR) is 65.2 cm³/mol. The Morgan fingerprint density at radius 2 is 2.12 bits per heavy atom. The van der Waals surface area contributed by atoms with Crippen LogP contribution >= 0.6 is 0 Å². The second-order valence-corrected chi connectivity index (χ2v) is 4.48. The zero-order chi connectivity index (χ0) is 12.0. The first-order chi connectivity index (χ1) is 7.67. The van der Waals surface area contributed by atoms with Gasteiger partial charge in [0.2, 0.25) is 0 Å². The molecule has 16 heavy (non-hydrogen) atoms. The minimum Gasteiger partial charge on any atom is -0.468 e. The van der Waals surface area contributed by atoms with E-state index in [2.05, 4.69) is 26.1 Å². The molecule has 0 unspecified atom stereocenters. The monoisotopic (exact) mass is 225 g/mol. The number of hydrogen-bond acceptors (Lipinski definition) is 3. The van der Waals surface area contributed by atoms with Gasteiger partial charge in [-0.1, -0.05) is 13.8 Å². The van der Waals surface area contributed by atoms with Crippen molar-refractivity contribution >= 4 is 0 Å². The summed E-state index contributed by atoms with van der Waals surface area (Å²) in [6.07, 6.45) is 3.65. The molecule has 0 amide bonds. The number of rotatable bonds is 7. The topological polar surface area (TPSA) is 45.4 Å². The van der Waals surface area contributed by atoms with E-state index < -0.39 is 0 Å². The van der Waals surface area contributed by atoms with Crippen molar-refractivity contribution in [1.82, 2.24) is 5.32 Å². The summed E-state index contributed by atoms with van der Waals surface area (Å²) in [5, 5.41) is 12.9. The van der Waals surface area contributed by atoms with Gasteiger partial charge in [-0.3, -0.25) is 0 Å². The molecule has 0 bridgehead atoms. The van der Waals surface area contributed by atoms with E-state index in [9.17, 15) is 5.11 Å². The van der Waals surface area contributed by atoms with Crippen molar-refractivity contribution in [2.75, 3.05) is 13.2 Å². The van der Waals surface area contributed by atoms with Gasteiger partial charge in [0, 0.05) is 18.6 Å². The molecule has 2 N–H and O–H groups in total. The average molecular weight is 225 g/mol. The Morgan fingerprint density at radius 1 is 1.44 bits per heavy atom. The zero-order valence-electron chi connectivity index (χ0n) is 10.5. The Bertz CT molecular complexity index is 270. The molecule has 0 aromatic carbocycles. The van der Waals surface area contributed by atoms with E-state index in [1.807, 2.05) is 12.1 Å². The van der Waals surface area contributed by atoms with E-state index in [4.69, 9.17) is 4.42 Å². The predicted octanol–water partition coefficient (Wildman–Crippen LogP) is 2.73. The van der Waals surface area contributed by atoms with Gasteiger partial charge in [-0.05, 0) is 31.9 Å². The van der Waals surface area contributed by atoms with Crippen LogP contribution in [0.4, 0.5) is 0 Å². The van der Waals surface area contributed by atoms with Crippen LogP contribution in [0.5, 0.6) is 0 Å². The highest BCUT2D eigenvalue weighted by atomic mass is 16.3. The lowest BCUT2D eigenvalue weighted by molar-refractivity contribution is 0.109. The molecule has 1 aromatic heterocycles. The minimum atomic E-state index is 0.000846. The lowest BCUT2D eigenvalue weighted by atomic mass is 9.83. The molecule has 3 nitrogen and oxygen atoms in total. The quantitative estimate of drug-likeness (QED) is 0.750. The largest absolute Gasteiger partial charge is 0.468 e. The van der Waals surface area contributed by atoms with Crippen LogP contribution < -0.4 is 5.32 Å². The van der Waals surface area contributed by atoms with Crippen molar-refractivity contribution < 1.29 is 9.52 Å². The molecule has 0 aliphatic carbocycles. The van der Waals surface area contributed by atoms with Gasteiger partial charge in [-0.15, -0.1) is 0 Å². The maximum atomic E-state index is 9.46. The summed E-state index contributed by atoms with van der Waals surface area (Å²) >= 11 is 0. The van der Waals surface area contributed by atoms with Gasteiger partial charge in [-0.25, -0.2) is 0 Å². The standard InChI is InChI=1S/C13H23NO2/c1-4-13(5-2,10-15)9-14-11(3)12-7-6-8-16-12/h6-8,11,14-15H,4-5,9-10H2,1-3H3/t11-/m1/s1. The fraction of sp³-hybridized carbons (Fsp3) is 0.692. The highest BCUT2D eigenvalue weighted by molar-refractivity contribution is 5.03. The van der Waals surface area contributed by atoms with Crippen molar-refractivity contribution in [3.8, 4) is 0 Å². The summed E-state index contributed by atoms with van der Waals surface area (Å²) in [7, 11) is 0. The van der Waals surface area contributed by atoms with Gasteiger partial charge in [0.1, 0.15) is 5.76 Å². The lowest BCUT2D eigenvalue weighted by Crippen LogP contribution is -2.37. The average Bonchev–Trinajstić information content (AvgIpc) is 2.85. The van der Waals surface area contributed by atoms with Crippen LogP contribution in [0.2, 0.25) is 0 Å². The smallest absolute Gasteiger partial charge is 0.120 e. The summed E-state index contributed by atoms with van der Waals surface area (Å²) in [4.78, 5) is 0. The molecular formula is C13H23NO2. The normalized spacial score (nSPS) is 14.0. The van der Waals surface area contributed by atoms with Crippen LogP contribution in [-0.4, -0.2) is 18.3 Å². The summed E-state index contributed by atoms with van der Waals surface area (Å²) in [6.45, 7) is 7.38. The molecule has 3 heteroatoms. The molecule has 0 aliphatic rings. The van der Waals surface area contributed by atoms with E-state index >= 15 is 0 Å². The van der Waals surface area contributed by atoms with Crippen LogP contribution in [0.3, 0.4) is 0 Å². The molecule has 1 heterocycles. The lowest BCUT2D eigenvalue weighted by Gasteiger charge is -2.30. The van der Waals surface area contributed by atoms with Crippen LogP contribution in [0.15, 0.2) is 22.8 Å². The minimum absolute atomic E-state index is 0.000846. The van der Waals surface area contributed by atoms with Gasteiger partial charge in [0.15, 0.2) is 0 Å². The van der Waals surface area contributed by atoms with E-state index in [0.29, 0.717) is 0 Å². The fourth-order valence-electron chi connectivity index (χ4n) is 1.79. The molecule has 1 rings (SSSR count). The molecule has 0 saturated carbocycles. The van der Waals surface area contributed by atoms with Crippen LogP contribution in [0, 0.1) is 5.41 Å². The number of furan rings is 1. The molecular weight excluding hydrogens is 202 g/mol. The third kappa shape index (κ3) is 3.09. The molecule has 92 valence electrons. The summed E-state index contributed by atoms with van der Waals surface area (Å²) < 4.78 is 5.34. The first kappa shape index (κ1) is 13.3. The Balaban J connectivity index is 2.49. The van der Waals surface area contributed by atoms with E-state index in [1.54, 1.807) is 6.26 Å². The number of nitrogens with one attached hydrogen (secondary N) is 1. The summed E-state index contributed by atoms with van der Waals surface area (Å²) in [6, 6.07) is 4.06. The van der Waals surface area contributed by atoms with Gasteiger partial charge in [0.25, 0.3) is 0 Å². The Morgan fingerprint density at radius 3 is 2.56 bits per heavy atom. The Hall–Kier alpha value is -0.800. The van der Waals surface area contributed by atoms with Gasteiger partial charge in [-0.2, -0.15) is 0 Å². The van der Waals surface area contributed by atoms with E-state index in [1.165, 1.54) is 0 Å². The van der Waals surface area contributed by atoms with Gasteiger partial charge in [0.05, 0.1) is 12.3 Å². The highest BCUT2D eigenvalue weighted by Gasteiger charge is 2.25. The maximum Gasteiger partial charge on any atom is 0.120 e. The number of hydrogen-bond donors (Lipinski definition) is 2. The molecule has 0 spiro atoms. The third-order valence-electron chi connectivity index (χ3n) is 3.59. The van der Waals surface area contributed by atoms with E-state index in [0.717, 1.165) is 25.1 Å². The molecule has 0 fully saturated rings. The van der Waals surface area contributed by atoms with Gasteiger partial charge >= 0.3 is 0 Å². The molecule has 1 aromatic rings. The number of aliphatic hydroxyl groups is 1. The maximum absolute atomic E-state index is 9.46. The third-order valence-corrected chi connectivity index (χ3v) is 3.59. The van der Waals surface area contributed by atoms with Crippen LogP contribution in [0.25, 0.3) is 0 Å². The Labute approximate surface area is 97.9 Å². The molecule has 0 aliphatic heterocycles. The summed E-state index contributed by atoms with van der Waals surface area (Å²) in [5.74, 6) is 0.944. The molecule has 1 atom stereocenters.